The van der Waals surface area contributed by atoms with Gasteiger partial charge in [-0.3, -0.25) is 4.79 Å². The van der Waals surface area contributed by atoms with Crippen molar-refractivity contribution in [1.29, 1.82) is 10.5 Å². The number of hydrogen-bond acceptors (Lipinski definition) is 5. The third kappa shape index (κ3) is 5.88. The van der Waals surface area contributed by atoms with Crippen LogP contribution in [0.1, 0.15) is 22.3 Å². The van der Waals surface area contributed by atoms with E-state index in [-0.39, 0.29) is 12.2 Å². The SMILES string of the molecule is COc1cc(/C=C(/C#N)C(=O)Nc2cccc(Cl)c2C)cc(I)c1OCc1ccccc1C#N. The lowest BCUT2D eigenvalue weighted by atomic mass is 10.1. The largest absolute Gasteiger partial charge is 0.493 e. The molecule has 6 nitrogen and oxygen atoms in total. The molecule has 0 aliphatic rings. The van der Waals surface area contributed by atoms with Crippen LogP contribution >= 0.6 is 34.2 Å². The van der Waals surface area contributed by atoms with E-state index in [0.717, 1.165) is 9.13 Å². The van der Waals surface area contributed by atoms with Gasteiger partial charge in [0.1, 0.15) is 18.2 Å². The molecule has 0 radical (unpaired) electrons. The molecular formula is C26H19ClIN3O3. The first kappa shape index (κ1) is 25.1. The summed E-state index contributed by atoms with van der Waals surface area (Å²) in [4.78, 5) is 12.7. The number of rotatable bonds is 7. The Kier molecular flexibility index (Phi) is 8.53. The number of carbonyl (C=O) groups excluding carboxylic acids is 1. The van der Waals surface area contributed by atoms with Crippen LogP contribution in [0.15, 0.2) is 60.2 Å². The molecule has 0 spiro atoms. The topological polar surface area (TPSA) is 95.1 Å². The standard InChI is InChI=1S/C26H19ClIN3O3/c1-16-21(27)8-5-9-23(16)31-26(32)20(14-30)10-17-11-22(28)25(24(12-17)33-2)34-15-19-7-4-3-6-18(19)13-29/h3-12H,15H2,1-2H3,(H,31,32)/b20-10-. The molecule has 0 aromatic heterocycles. The predicted octanol–water partition coefficient (Wildman–Crippen LogP) is 6.26. The fraction of sp³-hybridized carbons (Fsp3) is 0.115. The Morgan fingerprint density at radius 3 is 2.65 bits per heavy atom. The molecule has 0 unspecified atom stereocenters. The minimum absolute atomic E-state index is 0.0751. The summed E-state index contributed by atoms with van der Waals surface area (Å²) in [7, 11) is 1.51. The van der Waals surface area contributed by atoms with Crippen molar-refractivity contribution < 1.29 is 14.3 Å². The Morgan fingerprint density at radius 2 is 1.94 bits per heavy atom. The Morgan fingerprint density at radius 1 is 1.18 bits per heavy atom. The van der Waals surface area contributed by atoms with Crippen LogP contribution in [0.3, 0.4) is 0 Å². The molecule has 0 bridgehead atoms. The molecule has 8 heteroatoms. The molecule has 0 heterocycles. The van der Waals surface area contributed by atoms with Crippen molar-refractivity contribution in [2.24, 2.45) is 0 Å². The molecule has 0 saturated heterocycles. The maximum atomic E-state index is 12.7. The van der Waals surface area contributed by atoms with Gasteiger partial charge in [0.25, 0.3) is 5.91 Å². The molecular weight excluding hydrogens is 565 g/mol. The molecule has 0 aliphatic carbocycles. The highest BCUT2D eigenvalue weighted by Gasteiger charge is 2.15. The third-order valence-electron chi connectivity index (χ3n) is 4.95. The van der Waals surface area contributed by atoms with Crippen LogP contribution < -0.4 is 14.8 Å². The Hall–Kier alpha value is -3.53. The van der Waals surface area contributed by atoms with Gasteiger partial charge in [-0.15, -0.1) is 0 Å². The second-order valence-corrected chi connectivity index (χ2v) is 8.70. The molecule has 3 rings (SSSR count). The van der Waals surface area contributed by atoms with Gasteiger partial charge in [0.05, 0.1) is 22.3 Å². The molecule has 1 amide bonds. The summed E-state index contributed by atoms with van der Waals surface area (Å²) in [5.74, 6) is 0.400. The van der Waals surface area contributed by atoms with Crippen molar-refractivity contribution in [1.82, 2.24) is 0 Å². The molecule has 1 N–H and O–H groups in total. The van der Waals surface area contributed by atoms with E-state index < -0.39 is 5.91 Å². The van der Waals surface area contributed by atoms with Crippen molar-refractivity contribution in [2.45, 2.75) is 13.5 Å². The van der Waals surface area contributed by atoms with Crippen molar-refractivity contribution in [3.63, 3.8) is 0 Å². The molecule has 170 valence electrons. The lowest BCUT2D eigenvalue weighted by Gasteiger charge is -2.14. The van der Waals surface area contributed by atoms with Gasteiger partial charge in [-0.2, -0.15) is 10.5 Å². The number of benzene rings is 3. The van der Waals surface area contributed by atoms with Crippen LogP contribution in [0.25, 0.3) is 6.08 Å². The van der Waals surface area contributed by atoms with E-state index in [2.05, 4.69) is 34.0 Å². The van der Waals surface area contributed by atoms with Crippen molar-refractivity contribution >= 4 is 51.9 Å². The highest BCUT2D eigenvalue weighted by Crippen LogP contribution is 2.35. The maximum Gasteiger partial charge on any atom is 0.266 e. The van der Waals surface area contributed by atoms with E-state index in [1.165, 1.54) is 13.2 Å². The van der Waals surface area contributed by atoms with Crippen LogP contribution in [0, 0.1) is 33.2 Å². The molecule has 0 aliphatic heterocycles. The summed E-state index contributed by atoms with van der Waals surface area (Å²) in [6, 6.07) is 19.9. The van der Waals surface area contributed by atoms with E-state index in [4.69, 9.17) is 21.1 Å². The lowest BCUT2D eigenvalue weighted by Crippen LogP contribution is -2.14. The monoisotopic (exact) mass is 583 g/mol. The second-order valence-electron chi connectivity index (χ2n) is 7.13. The second kappa shape index (κ2) is 11.6. The first-order chi connectivity index (χ1) is 16.4. The fourth-order valence-electron chi connectivity index (χ4n) is 3.12. The molecule has 3 aromatic rings. The Bertz CT molecular complexity index is 1360. The summed E-state index contributed by atoms with van der Waals surface area (Å²) >= 11 is 8.22. The van der Waals surface area contributed by atoms with E-state index in [1.807, 2.05) is 18.2 Å². The number of methoxy groups -OCH3 is 1. The molecule has 34 heavy (non-hydrogen) atoms. The number of carbonyl (C=O) groups is 1. The normalized spacial score (nSPS) is 10.7. The van der Waals surface area contributed by atoms with Crippen molar-refractivity contribution in [3.05, 3.63) is 91.0 Å². The number of nitriles is 2. The van der Waals surface area contributed by atoms with Crippen LogP contribution in [0.2, 0.25) is 5.02 Å². The van der Waals surface area contributed by atoms with E-state index in [0.29, 0.717) is 38.9 Å². The van der Waals surface area contributed by atoms with Crippen LogP contribution in [-0.2, 0) is 11.4 Å². The summed E-state index contributed by atoms with van der Waals surface area (Å²) in [5.41, 5.74) is 3.06. The van der Waals surface area contributed by atoms with Crippen LogP contribution in [0.4, 0.5) is 5.69 Å². The Balaban J connectivity index is 1.86. The number of anilines is 1. The molecule has 3 aromatic carbocycles. The minimum atomic E-state index is -0.546. The smallest absolute Gasteiger partial charge is 0.266 e. The number of nitrogens with one attached hydrogen (secondary N) is 1. The zero-order chi connectivity index (χ0) is 24.7. The number of ether oxygens (including phenoxy) is 2. The van der Waals surface area contributed by atoms with Crippen LogP contribution in [-0.4, -0.2) is 13.0 Å². The molecule has 0 fully saturated rings. The first-order valence-electron chi connectivity index (χ1n) is 10.0. The van der Waals surface area contributed by atoms with Gasteiger partial charge in [0.15, 0.2) is 11.5 Å². The van der Waals surface area contributed by atoms with Crippen molar-refractivity contribution in [2.75, 3.05) is 12.4 Å². The summed E-state index contributed by atoms with van der Waals surface area (Å²) < 4.78 is 12.2. The maximum absolute atomic E-state index is 12.7. The number of amides is 1. The Labute approximate surface area is 216 Å². The van der Waals surface area contributed by atoms with Gasteiger partial charge < -0.3 is 14.8 Å². The van der Waals surface area contributed by atoms with Gasteiger partial charge >= 0.3 is 0 Å². The number of nitrogens with zero attached hydrogens (tertiary/aromatic N) is 2. The number of hydrogen-bond donors (Lipinski definition) is 1. The van der Waals surface area contributed by atoms with Gasteiger partial charge in [-0.25, -0.2) is 0 Å². The molecule has 0 atom stereocenters. The van der Waals surface area contributed by atoms with Gasteiger partial charge in [0, 0.05) is 16.3 Å². The van der Waals surface area contributed by atoms with Gasteiger partial charge in [0.2, 0.25) is 0 Å². The van der Waals surface area contributed by atoms with Gasteiger partial charge in [-0.1, -0.05) is 35.9 Å². The zero-order valence-corrected chi connectivity index (χ0v) is 21.3. The summed E-state index contributed by atoms with van der Waals surface area (Å²) in [6.45, 7) is 1.98. The third-order valence-corrected chi connectivity index (χ3v) is 6.16. The van der Waals surface area contributed by atoms with Crippen molar-refractivity contribution in [3.8, 4) is 23.6 Å². The van der Waals surface area contributed by atoms with Crippen LogP contribution in [0.5, 0.6) is 11.5 Å². The average molecular weight is 584 g/mol. The summed E-state index contributed by atoms with van der Waals surface area (Å²) in [5, 5.41) is 22.1. The number of halogens is 2. The van der Waals surface area contributed by atoms with E-state index >= 15 is 0 Å². The zero-order valence-electron chi connectivity index (χ0n) is 18.4. The fourth-order valence-corrected chi connectivity index (χ4v) is 4.07. The average Bonchev–Trinajstić information content (AvgIpc) is 2.84. The quantitative estimate of drug-likeness (QED) is 0.201. The lowest BCUT2D eigenvalue weighted by molar-refractivity contribution is -0.112. The highest BCUT2D eigenvalue weighted by molar-refractivity contribution is 14.1. The van der Waals surface area contributed by atoms with E-state index in [9.17, 15) is 15.3 Å². The first-order valence-corrected chi connectivity index (χ1v) is 11.5. The predicted molar refractivity (Wildman–Crippen MR) is 140 cm³/mol. The van der Waals surface area contributed by atoms with Gasteiger partial charge in [-0.05, 0) is 77.0 Å². The minimum Gasteiger partial charge on any atom is -0.493 e. The van der Waals surface area contributed by atoms with E-state index in [1.54, 1.807) is 49.4 Å². The highest BCUT2D eigenvalue weighted by atomic mass is 127. The summed E-state index contributed by atoms with van der Waals surface area (Å²) in [6.07, 6.45) is 1.48. The molecule has 0 saturated carbocycles.